The summed E-state index contributed by atoms with van der Waals surface area (Å²) in [5.74, 6) is 2.03. The molecule has 2 N–H and O–H groups in total. The number of nitrogens with two attached hydrogens (primary N) is 1. The van der Waals surface area contributed by atoms with Crippen molar-refractivity contribution in [2.75, 3.05) is 6.54 Å². The van der Waals surface area contributed by atoms with Gasteiger partial charge in [-0.2, -0.15) is 0 Å². The van der Waals surface area contributed by atoms with Gasteiger partial charge in [0.1, 0.15) is 5.82 Å². The van der Waals surface area contributed by atoms with Gasteiger partial charge in [-0.25, -0.2) is 0 Å². The maximum Gasteiger partial charge on any atom is 0.152 e. The molecule has 1 heterocycles. The molecule has 1 aromatic heterocycles. The summed E-state index contributed by atoms with van der Waals surface area (Å²) in [6.45, 7) is 0.651. The SMILES string of the molecule is NCCCc1nnc(CCl)n1-c1ccccc1. The number of para-hydroxylation sites is 1. The summed E-state index contributed by atoms with van der Waals surface area (Å²) in [5, 5.41) is 8.28. The van der Waals surface area contributed by atoms with E-state index in [2.05, 4.69) is 10.2 Å². The predicted octanol–water partition coefficient (Wildman–Crippen LogP) is 1.90. The number of nitrogens with zero attached hydrogens (tertiary/aromatic N) is 3. The molecule has 0 saturated heterocycles. The van der Waals surface area contributed by atoms with Crippen molar-refractivity contribution in [3.8, 4) is 5.69 Å². The van der Waals surface area contributed by atoms with Gasteiger partial charge in [0, 0.05) is 12.1 Å². The quantitative estimate of drug-likeness (QED) is 0.825. The van der Waals surface area contributed by atoms with Gasteiger partial charge in [0.25, 0.3) is 0 Å². The second-order valence-corrected chi connectivity index (χ2v) is 4.00. The fraction of sp³-hybridized carbons (Fsp3) is 0.333. The Labute approximate surface area is 105 Å². The van der Waals surface area contributed by atoms with Gasteiger partial charge in [-0.15, -0.1) is 21.8 Å². The largest absolute Gasteiger partial charge is 0.330 e. The van der Waals surface area contributed by atoms with Crippen LogP contribution in [-0.2, 0) is 12.3 Å². The second kappa shape index (κ2) is 5.80. The van der Waals surface area contributed by atoms with Gasteiger partial charge >= 0.3 is 0 Å². The minimum Gasteiger partial charge on any atom is -0.330 e. The van der Waals surface area contributed by atoms with Crippen LogP contribution in [-0.4, -0.2) is 21.3 Å². The lowest BCUT2D eigenvalue weighted by molar-refractivity contribution is 0.756. The first-order valence-corrected chi connectivity index (χ1v) is 6.15. The molecule has 0 unspecified atom stereocenters. The summed E-state index contributed by atoms with van der Waals surface area (Å²) in [7, 11) is 0. The Bertz CT molecular complexity index is 467. The molecule has 2 rings (SSSR count). The molecule has 4 nitrogen and oxygen atoms in total. The van der Waals surface area contributed by atoms with Crippen LogP contribution < -0.4 is 5.73 Å². The van der Waals surface area contributed by atoms with Gasteiger partial charge in [-0.3, -0.25) is 4.57 Å². The fourth-order valence-electron chi connectivity index (χ4n) is 1.74. The van der Waals surface area contributed by atoms with E-state index >= 15 is 0 Å². The van der Waals surface area contributed by atoms with Gasteiger partial charge < -0.3 is 5.73 Å². The molecule has 0 bridgehead atoms. The van der Waals surface area contributed by atoms with Crippen LogP contribution in [0.25, 0.3) is 5.69 Å². The Kier molecular flexibility index (Phi) is 4.12. The van der Waals surface area contributed by atoms with Gasteiger partial charge in [-0.1, -0.05) is 18.2 Å². The summed E-state index contributed by atoms with van der Waals surface area (Å²) < 4.78 is 2.00. The molecule has 1 aromatic carbocycles. The van der Waals surface area contributed by atoms with Crippen molar-refractivity contribution in [3.63, 3.8) is 0 Å². The van der Waals surface area contributed by atoms with Crippen LogP contribution >= 0.6 is 11.6 Å². The second-order valence-electron chi connectivity index (χ2n) is 3.73. The highest BCUT2D eigenvalue weighted by atomic mass is 35.5. The first-order chi connectivity index (χ1) is 8.36. The summed E-state index contributed by atoms with van der Waals surface area (Å²) >= 11 is 5.88. The van der Waals surface area contributed by atoms with E-state index in [1.54, 1.807) is 0 Å². The van der Waals surface area contributed by atoms with E-state index < -0.39 is 0 Å². The molecule has 0 atom stereocenters. The van der Waals surface area contributed by atoms with E-state index in [1.807, 2.05) is 34.9 Å². The zero-order chi connectivity index (χ0) is 12.1. The standard InChI is InChI=1S/C12H15ClN4/c13-9-12-16-15-11(7-4-8-14)17(12)10-5-2-1-3-6-10/h1-3,5-6H,4,7-9,14H2. The van der Waals surface area contributed by atoms with E-state index in [9.17, 15) is 0 Å². The molecule has 0 radical (unpaired) electrons. The zero-order valence-corrected chi connectivity index (χ0v) is 10.3. The van der Waals surface area contributed by atoms with Crippen molar-refractivity contribution in [3.05, 3.63) is 42.0 Å². The third-order valence-corrected chi connectivity index (χ3v) is 2.77. The molecular formula is C12H15ClN4. The molecule has 0 saturated carbocycles. The molecule has 0 aliphatic carbocycles. The predicted molar refractivity (Wildman–Crippen MR) is 68.3 cm³/mol. The van der Waals surface area contributed by atoms with Crippen LogP contribution in [0.5, 0.6) is 0 Å². The third-order valence-electron chi connectivity index (χ3n) is 2.54. The number of hydrogen-bond donors (Lipinski definition) is 1. The van der Waals surface area contributed by atoms with Crippen molar-refractivity contribution in [1.82, 2.24) is 14.8 Å². The number of aromatic nitrogens is 3. The lowest BCUT2D eigenvalue weighted by Gasteiger charge is -2.08. The topological polar surface area (TPSA) is 56.7 Å². The number of benzene rings is 1. The Morgan fingerprint density at radius 1 is 1.12 bits per heavy atom. The minimum absolute atomic E-state index is 0.352. The van der Waals surface area contributed by atoms with Gasteiger partial charge in [0.2, 0.25) is 0 Å². The van der Waals surface area contributed by atoms with E-state index in [-0.39, 0.29) is 0 Å². The normalized spacial score (nSPS) is 10.7. The van der Waals surface area contributed by atoms with Gasteiger partial charge in [0.05, 0.1) is 5.88 Å². The van der Waals surface area contributed by atoms with Crippen LogP contribution in [0.15, 0.2) is 30.3 Å². The number of hydrogen-bond acceptors (Lipinski definition) is 3. The Morgan fingerprint density at radius 3 is 2.47 bits per heavy atom. The van der Waals surface area contributed by atoms with Crippen LogP contribution in [0.3, 0.4) is 0 Å². The fourth-order valence-corrected chi connectivity index (χ4v) is 1.91. The van der Waals surface area contributed by atoms with Crippen LogP contribution in [0.1, 0.15) is 18.1 Å². The minimum atomic E-state index is 0.352. The van der Waals surface area contributed by atoms with Crippen molar-refractivity contribution < 1.29 is 0 Å². The summed E-state index contributed by atoms with van der Waals surface area (Å²) in [6, 6.07) is 9.99. The molecule has 17 heavy (non-hydrogen) atoms. The van der Waals surface area contributed by atoms with Gasteiger partial charge in [0.15, 0.2) is 5.82 Å². The lowest BCUT2D eigenvalue weighted by Crippen LogP contribution is -2.07. The molecule has 0 aliphatic heterocycles. The monoisotopic (exact) mass is 250 g/mol. The number of aryl methyl sites for hydroxylation is 1. The lowest BCUT2D eigenvalue weighted by atomic mass is 10.2. The molecule has 5 heteroatoms. The molecule has 0 amide bonds. The zero-order valence-electron chi connectivity index (χ0n) is 9.51. The van der Waals surface area contributed by atoms with Gasteiger partial charge in [-0.05, 0) is 25.1 Å². The third kappa shape index (κ3) is 2.65. The number of rotatable bonds is 5. The smallest absolute Gasteiger partial charge is 0.152 e. The van der Waals surface area contributed by atoms with Crippen LogP contribution in [0.4, 0.5) is 0 Å². The summed E-state index contributed by atoms with van der Waals surface area (Å²) in [4.78, 5) is 0. The summed E-state index contributed by atoms with van der Waals surface area (Å²) in [5.41, 5.74) is 6.56. The van der Waals surface area contributed by atoms with E-state index in [4.69, 9.17) is 17.3 Å². The van der Waals surface area contributed by atoms with Crippen LogP contribution in [0.2, 0.25) is 0 Å². The van der Waals surface area contributed by atoms with Crippen molar-refractivity contribution in [2.45, 2.75) is 18.7 Å². The Morgan fingerprint density at radius 2 is 1.82 bits per heavy atom. The summed E-state index contributed by atoms with van der Waals surface area (Å²) in [6.07, 6.45) is 1.71. The van der Waals surface area contributed by atoms with Crippen molar-refractivity contribution in [2.24, 2.45) is 5.73 Å². The molecule has 2 aromatic rings. The highest BCUT2D eigenvalue weighted by Crippen LogP contribution is 2.15. The number of halogens is 1. The average molecular weight is 251 g/mol. The average Bonchev–Trinajstić information content (AvgIpc) is 2.80. The first kappa shape index (κ1) is 12.1. The highest BCUT2D eigenvalue weighted by Gasteiger charge is 2.12. The maximum absolute atomic E-state index is 5.88. The molecule has 0 spiro atoms. The maximum atomic E-state index is 5.88. The number of alkyl halides is 1. The molecule has 0 fully saturated rings. The van der Waals surface area contributed by atoms with Crippen molar-refractivity contribution in [1.29, 1.82) is 0 Å². The van der Waals surface area contributed by atoms with E-state index in [0.29, 0.717) is 12.4 Å². The Balaban J connectivity index is 2.39. The molecular weight excluding hydrogens is 236 g/mol. The highest BCUT2D eigenvalue weighted by molar-refractivity contribution is 6.16. The Hall–Kier alpha value is -1.39. The molecule has 0 aliphatic rings. The van der Waals surface area contributed by atoms with Crippen molar-refractivity contribution >= 4 is 11.6 Å². The van der Waals surface area contributed by atoms with E-state index in [0.717, 1.165) is 30.2 Å². The molecule has 90 valence electrons. The van der Waals surface area contributed by atoms with Crippen LogP contribution in [0, 0.1) is 0 Å². The van der Waals surface area contributed by atoms with E-state index in [1.165, 1.54) is 0 Å². The first-order valence-electron chi connectivity index (χ1n) is 5.61.